The number of H-pyrrole nitrogens is 1. The maximum absolute atomic E-state index is 13.1. The normalized spacial score (nSPS) is 13.9. The number of hydrogen-bond donors (Lipinski definition) is 3. The Morgan fingerprint density at radius 1 is 1.37 bits per heavy atom. The number of anilines is 2. The first-order valence-electron chi connectivity index (χ1n) is 6.08. The molecule has 19 heavy (non-hydrogen) atoms. The van der Waals surface area contributed by atoms with E-state index in [2.05, 4.69) is 20.6 Å². The number of nitrogens with zero attached hydrogens (tertiary/aromatic N) is 1. The van der Waals surface area contributed by atoms with E-state index in [1.807, 2.05) is 0 Å². The molecule has 6 heteroatoms. The fourth-order valence-electron chi connectivity index (χ4n) is 2.20. The minimum Gasteiger partial charge on any atom is -0.340 e. The summed E-state index contributed by atoms with van der Waals surface area (Å²) in [5.74, 6) is 0.177. The minimum absolute atomic E-state index is 0.328. The second-order valence-corrected chi connectivity index (χ2v) is 4.41. The average molecular weight is 260 g/mol. The molecule has 0 aliphatic carbocycles. The van der Waals surface area contributed by atoms with Crippen molar-refractivity contribution in [1.82, 2.24) is 15.3 Å². The average Bonchev–Trinajstić information content (AvgIpc) is 2.38. The zero-order valence-corrected chi connectivity index (χ0v) is 10.2. The van der Waals surface area contributed by atoms with Crippen LogP contribution in [0.2, 0.25) is 0 Å². The van der Waals surface area contributed by atoms with Crippen LogP contribution < -0.4 is 16.3 Å². The van der Waals surface area contributed by atoms with Gasteiger partial charge in [0.2, 0.25) is 0 Å². The third-order valence-electron chi connectivity index (χ3n) is 3.06. The molecule has 0 saturated carbocycles. The van der Waals surface area contributed by atoms with Gasteiger partial charge in [0.25, 0.3) is 0 Å². The highest BCUT2D eigenvalue weighted by Gasteiger charge is 2.15. The minimum atomic E-state index is -0.402. The van der Waals surface area contributed by atoms with Crippen LogP contribution in [0.1, 0.15) is 11.3 Å². The van der Waals surface area contributed by atoms with Crippen LogP contribution in [0, 0.1) is 5.82 Å². The van der Waals surface area contributed by atoms with Gasteiger partial charge in [-0.3, -0.25) is 0 Å². The van der Waals surface area contributed by atoms with E-state index in [1.165, 1.54) is 12.1 Å². The van der Waals surface area contributed by atoms with Crippen LogP contribution in [0.5, 0.6) is 0 Å². The van der Waals surface area contributed by atoms with Gasteiger partial charge in [0.05, 0.1) is 0 Å². The highest BCUT2D eigenvalue weighted by Crippen LogP contribution is 2.22. The van der Waals surface area contributed by atoms with Crippen LogP contribution in [-0.4, -0.2) is 16.5 Å². The molecule has 3 N–H and O–H groups in total. The molecule has 1 aliphatic heterocycles. The molecule has 1 aromatic heterocycles. The summed E-state index contributed by atoms with van der Waals surface area (Å²) in [4.78, 5) is 18.2. The monoisotopic (exact) mass is 260 g/mol. The molecule has 0 spiro atoms. The van der Waals surface area contributed by atoms with Crippen molar-refractivity contribution in [3.8, 4) is 0 Å². The van der Waals surface area contributed by atoms with Crippen molar-refractivity contribution in [2.75, 3.05) is 11.9 Å². The van der Waals surface area contributed by atoms with Crippen LogP contribution in [0.3, 0.4) is 0 Å². The molecule has 0 bridgehead atoms. The molecule has 0 fully saturated rings. The Kier molecular flexibility index (Phi) is 3.00. The largest absolute Gasteiger partial charge is 0.347 e. The third-order valence-corrected chi connectivity index (χ3v) is 3.06. The highest BCUT2D eigenvalue weighted by atomic mass is 19.1. The molecule has 1 aromatic carbocycles. The number of nitrogens with one attached hydrogen (secondary N) is 3. The van der Waals surface area contributed by atoms with Gasteiger partial charge in [0.1, 0.15) is 11.6 Å². The molecule has 0 radical (unpaired) electrons. The molecule has 0 atom stereocenters. The fourth-order valence-corrected chi connectivity index (χ4v) is 2.20. The van der Waals surface area contributed by atoms with Crippen molar-refractivity contribution in [3.63, 3.8) is 0 Å². The van der Waals surface area contributed by atoms with Crippen LogP contribution in [0.25, 0.3) is 0 Å². The number of halogens is 1. The van der Waals surface area contributed by atoms with E-state index in [1.54, 1.807) is 12.1 Å². The van der Waals surface area contributed by atoms with Crippen molar-refractivity contribution < 1.29 is 4.39 Å². The topological polar surface area (TPSA) is 69.8 Å². The van der Waals surface area contributed by atoms with E-state index in [4.69, 9.17) is 0 Å². The van der Waals surface area contributed by atoms with E-state index in [-0.39, 0.29) is 5.82 Å². The Morgan fingerprint density at radius 2 is 2.26 bits per heavy atom. The highest BCUT2D eigenvalue weighted by molar-refractivity contribution is 5.60. The van der Waals surface area contributed by atoms with Gasteiger partial charge in [-0.1, -0.05) is 6.07 Å². The third kappa shape index (κ3) is 2.48. The Bertz CT molecular complexity index is 668. The molecule has 0 amide bonds. The molecule has 2 aromatic rings. The summed E-state index contributed by atoms with van der Waals surface area (Å²) >= 11 is 0. The molecule has 98 valence electrons. The summed E-state index contributed by atoms with van der Waals surface area (Å²) in [7, 11) is 0. The maximum atomic E-state index is 13.1. The van der Waals surface area contributed by atoms with Crippen LogP contribution in [-0.2, 0) is 13.0 Å². The Hall–Kier alpha value is -2.21. The van der Waals surface area contributed by atoms with Gasteiger partial charge < -0.3 is 15.6 Å². The molecule has 0 saturated heterocycles. The SMILES string of the molecule is O=c1nc(Nc2cccc(F)c2)c2c([nH]1)CNCC2. The van der Waals surface area contributed by atoms with Crippen molar-refractivity contribution >= 4 is 11.5 Å². The smallest absolute Gasteiger partial charge is 0.340 e. The predicted octanol–water partition coefficient (Wildman–Crippen LogP) is 1.30. The van der Waals surface area contributed by atoms with E-state index >= 15 is 0 Å². The summed E-state index contributed by atoms with van der Waals surface area (Å²) in [5, 5.41) is 6.20. The van der Waals surface area contributed by atoms with E-state index < -0.39 is 5.69 Å². The summed E-state index contributed by atoms with van der Waals surface area (Å²) in [6.07, 6.45) is 0.775. The first-order valence-corrected chi connectivity index (χ1v) is 6.08. The summed E-state index contributed by atoms with van der Waals surface area (Å²) in [5.41, 5.74) is 1.99. The van der Waals surface area contributed by atoms with Crippen molar-refractivity contribution in [2.24, 2.45) is 0 Å². The number of benzene rings is 1. The maximum Gasteiger partial charge on any atom is 0.347 e. The Labute approximate surface area is 108 Å². The quantitative estimate of drug-likeness (QED) is 0.761. The summed E-state index contributed by atoms with van der Waals surface area (Å²) < 4.78 is 13.1. The lowest BCUT2D eigenvalue weighted by atomic mass is 10.1. The zero-order chi connectivity index (χ0) is 13.2. The number of aromatic nitrogens is 2. The Morgan fingerprint density at radius 3 is 3.11 bits per heavy atom. The van der Waals surface area contributed by atoms with E-state index in [9.17, 15) is 9.18 Å². The Balaban J connectivity index is 2.00. The van der Waals surface area contributed by atoms with Gasteiger partial charge in [0, 0.05) is 23.5 Å². The second-order valence-electron chi connectivity index (χ2n) is 4.41. The molecular weight excluding hydrogens is 247 g/mol. The van der Waals surface area contributed by atoms with Crippen LogP contribution in [0.4, 0.5) is 15.9 Å². The van der Waals surface area contributed by atoms with Gasteiger partial charge in [0.15, 0.2) is 0 Å². The van der Waals surface area contributed by atoms with Gasteiger partial charge in [-0.05, 0) is 31.2 Å². The number of hydrogen-bond acceptors (Lipinski definition) is 4. The molecule has 5 nitrogen and oxygen atoms in total. The van der Waals surface area contributed by atoms with Gasteiger partial charge in [-0.25, -0.2) is 9.18 Å². The fraction of sp³-hybridized carbons (Fsp3) is 0.231. The molecule has 1 aliphatic rings. The first-order chi connectivity index (χ1) is 9.22. The molecule has 0 unspecified atom stereocenters. The van der Waals surface area contributed by atoms with Gasteiger partial charge in [-0.2, -0.15) is 4.98 Å². The lowest BCUT2D eigenvalue weighted by Gasteiger charge is -2.19. The van der Waals surface area contributed by atoms with Gasteiger partial charge in [-0.15, -0.1) is 0 Å². The van der Waals surface area contributed by atoms with Crippen molar-refractivity contribution in [2.45, 2.75) is 13.0 Å². The van der Waals surface area contributed by atoms with E-state index in [0.29, 0.717) is 18.1 Å². The molecule has 2 heterocycles. The molecule has 3 rings (SSSR count). The van der Waals surface area contributed by atoms with Crippen LogP contribution >= 0.6 is 0 Å². The lowest BCUT2D eigenvalue weighted by molar-refractivity contribution is 0.621. The van der Waals surface area contributed by atoms with E-state index in [0.717, 1.165) is 24.2 Å². The van der Waals surface area contributed by atoms with Crippen molar-refractivity contribution in [1.29, 1.82) is 0 Å². The number of rotatable bonds is 2. The standard InChI is InChI=1S/C13H13FN4O/c14-8-2-1-3-9(6-8)16-12-10-4-5-15-7-11(10)17-13(19)18-12/h1-3,6,15H,4-5,7H2,(H2,16,17,18,19). The zero-order valence-electron chi connectivity index (χ0n) is 10.2. The van der Waals surface area contributed by atoms with Crippen LogP contribution in [0.15, 0.2) is 29.1 Å². The summed E-state index contributed by atoms with van der Waals surface area (Å²) in [6.45, 7) is 1.45. The molecular formula is C13H13FN4O. The first kappa shape index (κ1) is 11.9. The summed E-state index contributed by atoms with van der Waals surface area (Å²) in [6, 6.07) is 6.09. The van der Waals surface area contributed by atoms with Gasteiger partial charge >= 0.3 is 5.69 Å². The second kappa shape index (κ2) is 4.81. The lowest BCUT2D eigenvalue weighted by Crippen LogP contribution is -2.29. The number of fused-ring (bicyclic) bond motifs is 1. The predicted molar refractivity (Wildman–Crippen MR) is 70.0 cm³/mol. The van der Waals surface area contributed by atoms with Crippen molar-refractivity contribution in [3.05, 3.63) is 51.8 Å². The number of aromatic amines is 1.